The lowest BCUT2D eigenvalue weighted by Crippen LogP contribution is -2.01. The molecule has 0 saturated heterocycles. The smallest absolute Gasteiger partial charge is 0.337 e. The van der Waals surface area contributed by atoms with Crippen LogP contribution in [0.5, 0.6) is 0 Å². The van der Waals surface area contributed by atoms with Gasteiger partial charge in [0.2, 0.25) is 0 Å². The average molecular weight is 364 g/mol. The maximum atomic E-state index is 12.1. The van der Waals surface area contributed by atoms with E-state index < -0.39 is 0 Å². The molecule has 0 saturated carbocycles. The third kappa shape index (κ3) is 3.58. The maximum Gasteiger partial charge on any atom is 0.337 e. The van der Waals surface area contributed by atoms with Gasteiger partial charge in [0, 0.05) is 0 Å². The zero-order valence-electron chi connectivity index (χ0n) is 15.6. The molecule has 0 spiro atoms. The predicted molar refractivity (Wildman–Crippen MR) is 114 cm³/mol. The SMILES string of the molecule is COC(=O)c1ccc(-c2ccccc2)c(-c2ccc(-c3ccccc3)cc2)c1. The van der Waals surface area contributed by atoms with Crippen molar-refractivity contribution < 1.29 is 9.53 Å². The van der Waals surface area contributed by atoms with Crippen molar-refractivity contribution in [3.05, 3.63) is 109 Å². The lowest BCUT2D eigenvalue weighted by Gasteiger charge is -2.13. The van der Waals surface area contributed by atoms with Gasteiger partial charge in [0.1, 0.15) is 0 Å². The van der Waals surface area contributed by atoms with E-state index in [4.69, 9.17) is 4.74 Å². The molecule has 0 bridgehead atoms. The quantitative estimate of drug-likeness (QED) is 0.388. The Labute approximate surface area is 165 Å². The van der Waals surface area contributed by atoms with E-state index in [0.29, 0.717) is 5.56 Å². The molecule has 0 radical (unpaired) electrons. The van der Waals surface area contributed by atoms with Gasteiger partial charge in [0.05, 0.1) is 12.7 Å². The number of carbonyl (C=O) groups excluding carboxylic acids is 1. The van der Waals surface area contributed by atoms with E-state index in [9.17, 15) is 4.79 Å². The molecule has 0 N–H and O–H groups in total. The summed E-state index contributed by atoms with van der Waals surface area (Å²) in [5, 5.41) is 0. The molecule has 4 rings (SSSR count). The molecule has 0 heterocycles. The summed E-state index contributed by atoms with van der Waals surface area (Å²) in [4.78, 5) is 12.1. The summed E-state index contributed by atoms with van der Waals surface area (Å²) in [6.45, 7) is 0. The van der Waals surface area contributed by atoms with Crippen LogP contribution >= 0.6 is 0 Å². The van der Waals surface area contributed by atoms with Crippen molar-refractivity contribution in [2.24, 2.45) is 0 Å². The summed E-state index contributed by atoms with van der Waals surface area (Å²) in [7, 11) is 1.40. The summed E-state index contributed by atoms with van der Waals surface area (Å²) in [5.41, 5.74) is 7.15. The van der Waals surface area contributed by atoms with Crippen LogP contribution in [0.15, 0.2) is 103 Å². The fourth-order valence-electron chi connectivity index (χ4n) is 3.37. The normalized spacial score (nSPS) is 10.5. The first-order valence-electron chi connectivity index (χ1n) is 9.20. The highest BCUT2D eigenvalue weighted by molar-refractivity contribution is 5.94. The first-order chi connectivity index (χ1) is 13.8. The van der Waals surface area contributed by atoms with E-state index in [2.05, 4.69) is 48.5 Å². The van der Waals surface area contributed by atoms with Crippen LogP contribution in [0.2, 0.25) is 0 Å². The van der Waals surface area contributed by atoms with Crippen molar-refractivity contribution in [2.75, 3.05) is 7.11 Å². The third-order valence-corrected chi connectivity index (χ3v) is 4.83. The highest BCUT2D eigenvalue weighted by atomic mass is 16.5. The van der Waals surface area contributed by atoms with Crippen LogP contribution < -0.4 is 0 Å². The average Bonchev–Trinajstić information content (AvgIpc) is 2.79. The Morgan fingerprint density at radius 2 is 1.07 bits per heavy atom. The minimum Gasteiger partial charge on any atom is -0.465 e. The van der Waals surface area contributed by atoms with E-state index in [1.54, 1.807) is 0 Å². The number of benzene rings is 4. The minimum atomic E-state index is -0.332. The second-order valence-electron chi connectivity index (χ2n) is 6.56. The molecule has 0 amide bonds. The van der Waals surface area contributed by atoms with Crippen molar-refractivity contribution in [2.45, 2.75) is 0 Å². The molecule has 0 fully saturated rings. The van der Waals surface area contributed by atoms with Crippen molar-refractivity contribution in [1.29, 1.82) is 0 Å². The summed E-state index contributed by atoms with van der Waals surface area (Å²) in [5.74, 6) is -0.332. The summed E-state index contributed by atoms with van der Waals surface area (Å²) >= 11 is 0. The number of rotatable bonds is 4. The fraction of sp³-hybridized carbons (Fsp3) is 0.0385. The highest BCUT2D eigenvalue weighted by Gasteiger charge is 2.13. The Balaban J connectivity index is 1.81. The second-order valence-corrected chi connectivity index (χ2v) is 6.56. The zero-order chi connectivity index (χ0) is 19.3. The predicted octanol–water partition coefficient (Wildman–Crippen LogP) is 6.47. The molecule has 0 aromatic heterocycles. The summed E-state index contributed by atoms with van der Waals surface area (Å²) < 4.78 is 4.91. The van der Waals surface area contributed by atoms with Crippen molar-refractivity contribution in [3.8, 4) is 33.4 Å². The van der Waals surface area contributed by atoms with Crippen molar-refractivity contribution in [3.63, 3.8) is 0 Å². The topological polar surface area (TPSA) is 26.3 Å². The highest BCUT2D eigenvalue weighted by Crippen LogP contribution is 2.34. The van der Waals surface area contributed by atoms with Crippen LogP contribution in [-0.2, 0) is 4.74 Å². The number of hydrogen-bond acceptors (Lipinski definition) is 2. The molecule has 2 heteroatoms. The molecule has 0 aliphatic carbocycles. The van der Waals surface area contributed by atoms with Gasteiger partial charge in [-0.2, -0.15) is 0 Å². The van der Waals surface area contributed by atoms with E-state index in [0.717, 1.165) is 27.8 Å². The Morgan fingerprint density at radius 3 is 1.68 bits per heavy atom. The van der Waals surface area contributed by atoms with Crippen LogP contribution in [0, 0.1) is 0 Å². The van der Waals surface area contributed by atoms with Gasteiger partial charge < -0.3 is 4.74 Å². The second kappa shape index (κ2) is 7.93. The minimum absolute atomic E-state index is 0.332. The largest absolute Gasteiger partial charge is 0.465 e. The van der Waals surface area contributed by atoms with Gasteiger partial charge >= 0.3 is 5.97 Å². The van der Waals surface area contributed by atoms with Crippen LogP contribution in [0.25, 0.3) is 33.4 Å². The molecule has 0 atom stereocenters. The number of esters is 1. The lowest BCUT2D eigenvalue weighted by molar-refractivity contribution is 0.0601. The molecule has 0 aliphatic rings. The van der Waals surface area contributed by atoms with Crippen LogP contribution in [0.4, 0.5) is 0 Å². The first kappa shape index (κ1) is 17.7. The van der Waals surface area contributed by atoms with Gasteiger partial charge in [-0.25, -0.2) is 4.79 Å². The van der Waals surface area contributed by atoms with Gasteiger partial charge in [0.25, 0.3) is 0 Å². The number of carbonyl (C=O) groups is 1. The van der Waals surface area contributed by atoms with E-state index in [1.807, 2.05) is 54.6 Å². The van der Waals surface area contributed by atoms with E-state index in [1.165, 1.54) is 12.7 Å². The van der Waals surface area contributed by atoms with Crippen molar-refractivity contribution >= 4 is 5.97 Å². The van der Waals surface area contributed by atoms with Crippen LogP contribution in [0.3, 0.4) is 0 Å². The lowest BCUT2D eigenvalue weighted by atomic mass is 9.92. The Bertz CT molecular complexity index is 1080. The van der Waals surface area contributed by atoms with Crippen LogP contribution in [0.1, 0.15) is 10.4 Å². The summed E-state index contributed by atoms with van der Waals surface area (Å²) in [6, 6.07) is 34.6. The molecule has 136 valence electrons. The molecular weight excluding hydrogens is 344 g/mol. The van der Waals surface area contributed by atoms with Gasteiger partial charge in [-0.15, -0.1) is 0 Å². The van der Waals surface area contributed by atoms with Crippen molar-refractivity contribution in [1.82, 2.24) is 0 Å². The number of methoxy groups -OCH3 is 1. The molecule has 0 unspecified atom stereocenters. The molecule has 2 nitrogen and oxygen atoms in total. The number of hydrogen-bond donors (Lipinski definition) is 0. The molecule has 4 aromatic carbocycles. The van der Waals surface area contributed by atoms with Gasteiger partial charge in [-0.3, -0.25) is 0 Å². The molecule has 0 aliphatic heterocycles. The van der Waals surface area contributed by atoms with E-state index in [-0.39, 0.29) is 5.97 Å². The zero-order valence-corrected chi connectivity index (χ0v) is 15.6. The maximum absolute atomic E-state index is 12.1. The number of ether oxygens (including phenoxy) is 1. The first-order valence-corrected chi connectivity index (χ1v) is 9.20. The molecule has 4 aromatic rings. The third-order valence-electron chi connectivity index (χ3n) is 4.83. The standard InChI is InChI=1S/C26H20O2/c1-28-26(27)23-16-17-24(21-10-6-3-7-11-21)25(18-23)22-14-12-20(13-15-22)19-8-4-2-5-9-19/h2-18H,1H3. The molecule has 28 heavy (non-hydrogen) atoms. The Hall–Kier alpha value is -3.65. The molecular formula is C26H20O2. The van der Waals surface area contributed by atoms with E-state index >= 15 is 0 Å². The Morgan fingerprint density at radius 1 is 0.571 bits per heavy atom. The van der Waals surface area contributed by atoms with Gasteiger partial charge in [0.15, 0.2) is 0 Å². The van der Waals surface area contributed by atoms with Gasteiger partial charge in [-0.05, 0) is 45.5 Å². The van der Waals surface area contributed by atoms with Gasteiger partial charge in [-0.1, -0.05) is 91.0 Å². The Kier molecular flexibility index (Phi) is 5.03. The monoisotopic (exact) mass is 364 g/mol. The van der Waals surface area contributed by atoms with Crippen LogP contribution in [-0.4, -0.2) is 13.1 Å². The fourth-order valence-corrected chi connectivity index (χ4v) is 3.37. The summed E-state index contributed by atoms with van der Waals surface area (Å²) in [6.07, 6.45) is 0.